The Hall–Kier alpha value is -0.590. The first-order chi connectivity index (χ1) is 9.19. The van der Waals surface area contributed by atoms with Crippen LogP contribution < -0.4 is 10.2 Å². The molecular formula is C14H23BrN2O2S. The normalized spacial score (nSPS) is 11.9. The summed E-state index contributed by atoms with van der Waals surface area (Å²) in [6, 6.07) is 6.47. The number of halogens is 1. The molecule has 0 heterocycles. The number of anilines is 1. The second kappa shape index (κ2) is 7.43. The largest absolute Gasteiger partial charge is 0.373 e. The van der Waals surface area contributed by atoms with Crippen molar-refractivity contribution < 1.29 is 8.42 Å². The summed E-state index contributed by atoms with van der Waals surface area (Å²) in [4.78, 5) is 1.99. The number of sulfone groups is 1. The highest BCUT2D eigenvalue weighted by atomic mass is 79.9. The van der Waals surface area contributed by atoms with Gasteiger partial charge in [0.25, 0.3) is 0 Å². The molecule has 0 bridgehead atoms. The minimum atomic E-state index is -2.94. The van der Waals surface area contributed by atoms with Crippen LogP contribution in [0, 0.1) is 0 Å². The molecule has 1 rings (SSSR count). The van der Waals surface area contributed by atoms with Gasteiger partial charge in [-0.15, -0.1) is 0 Å². The van der Waals surface area contributed by atoms with E-state index in [0.717, 1.165) is 22.3 Å². The summed E-state index contributed by atoms with van der Waals surface area (Å²) in [6.07, 6.45) is 1.27. The molecule has 4 nitrogen and oxygen atoms in total. The predicted molar refractivity (Wildman–Crippen MR) is 89.1 cm³/mol. The lowest BCUT2D eigenvalue weighted by molar-refractivity contribution is 0.588. The van der Waals surface area contributed by atoms with Crippen molar-refractivity contribution in [1.29, 1.82) is 0 Å². The van der Waals surface area contributed by atoms with Gasteiger partial charge in [-0.25, -0.2) is 8.42 Å². The van der Waals surface area contributed by atoms with Crippen molar-refractivity contribution >= 4 is 31.5 Å². The van der Waals surface area contributed by atoms with Gasteiger partial charge in [-0.2, -0.15) is 0 Å². The van der Waals surface area contributed by atoms with Gasteiger partial charge in [-0.3, -0.25) is 0 Å². The highest BCUT2D eigenvalue weighted by Gasteiger charge is 2.11. The van der Waals surface area contributed by atoms with E-state index in [1.54, 1.807) is 0 Å². The van der Waals surface area contributed by atoms with Crippen LogP contribution in [0.15, 0.2) is 22.7 Å². The Morgan fingerprint density at radius 3 is 2.55 bits per heavy atom. The molecule has 0 unspecified atom stereocenters. The molecule has 0 spiro atoms. The summed E-state index contributed by atoms with van der Waals surface area (Å²) in [5.41, 5.74) is 2.22. The molecule has 0 aromatic heterocycles. The van der Waals surface area contributed by atoms with Crippen LogP contribution in [0.3, 0.4) is 0 Å². The monoisotopic (exact) mass is 362 g/mol. The van der Waals surface area contributed by atoms with Crippen LogP contribution in [0.2, 0.25) is 0 Å². The average molecular weight is 363 g/mol. The third-order valence-electron chi connectivity index (χ3n) is 2.95. The summed E-state index contributed by atoms with van der Waals surface area (Å²) in [6.45, 7) is 5.46. The van der Waals surface area contributed by atoms with E-state index in [2.05, 4.69) is 41.2 Å². The van der Waals surface area contributed by atoms with E-state index in [-0.39, 0.29) is 5.75 Å². The first-order valence-electron chi connectivity index (χ1n) is 6.59. The summed E-state index contributed by atoms with van der Waals surface area (Å²) in [5.74, 6) is 0.163. The maximum atomic E-state index is 11.3. The van der Waals surface area contributed by atoms with Crippen molar-refractivity contribution in [2.24, 2.45) is 0 Å². The topological polar surface area (TPSA) is 49.4 Å². The second-order valence-electron chi connectivity index (χ2n) is 5.36. The molecule has 114 valence electrons. The number of nitrogens with zero attached hydrogens (tertiary/aromatic N) is 1. The number of hydrogen-bond donors (Lipinski definition) is 1. The highest BCUT2D eigenvalue weighted by molar-refractivity contribution is 9.10. The van der Waals surface area contributed by atoms with Crippen LogP contribution in [0.5, 0.6) is 0 Å². The van der Waals surface area contributed by atoms with E-state index in [4.69, 9.17) is 0 Å². The number of hydrogen-bond acceptors (Lipinski definition) is 4. The summed E-state index contributed by atoms with van der Waals surface area (Å²) >= 11 is 3.48. The molecule has 0 aliphatic rings. The third kappa shape index (κ3) is 6.24. The zero-order valence-electron chi connectivity index (χ0n) is 12.5. The van der Waals surface area contributed by atoms with Gasteiger partial charge in [0.15, 0.2) is 0 Å². The summed E-state index contributed by atoms with van der Waals surface area (Å²) < 4.78 is 23.6. The van der Waals surface area contributed by atoms with E-state index in [1.807, 2.05) is 24.1 Å². The van der Waals surface area contributed by atoms with Crippen molar-refractivity contribution in [2.75, 3.05) is 30.5 Å². The van der Waals surface area contributed by atoms with Crippen LogP contribution in [-0.2, 0) is 16.4 Å². The van der Waals surface area contributed by atoms with E-state index in [9.17, 15) is 8.42 Å². The van der Waals surface area contributed by atoms with E-state index in [1.165, 1.54) is 6.26 Å². The maximum absolute atomic E-state index is 11.3. The fraction of sp³-hybridized carbons (Fsp3) is 0.571. The number of benzene rings is 1. The second-order valence-corrected chi connectivity index (χ2v) is 8.54. The van der Waals surface area contributed by atoms with Crippen molar-refractivity contribution in [1.82, 2.24) is 5.32 Å². The fourth-order valence-corrected chi connectivity index (χ4v) is 2.82. The van der Waals surface area contributed by atoms with E-state index in [0.29, 0.717) is 12.6 Å². The van der Waals surface area contributed by atoms with Gasteiger partial charge in [-0.1, -0.05) is 29.8 Å². The quantitative estimate of drug-likeness (QED) is 0.809. The van der Waals surface area contributed by atoms with Crippen molar-refractivity contribution in [3.63, 3.8) is 0 Å². The fourth-order valence-electron chi connectivity index (χ4n) is 1.81. The Bertz CT molecular complexity index is 544. The molecule has 0 fully saturated rings. The molecule has 0 radical (unpaired) electrons. The molecule has 6 heteroatoms. The van der Waals surface area contributed by atoms with E-state index < -0.39 is 9.84 Å². The van der Waals surface area contributed by atoms with Gasteiger partial charge >= 0.3 is 0 Å². The molecule has 0 amide bonds. The molecule has 20 heavy (non-hydrogen) atoms. The Morgan fingerprint density at radius 2 is 2.00 bits per heavy atom. The number of nitrogens with one attached hydrogen (secondary N) is 1. The minimum Gasteiger partial charge on any atom is -0.373 e. The molecular weight excluding hydrogens is 340 g/mol. The van der Waals surface area contributed by atoms with Crippen LogP contribution in [0.25, 0.3) is 0 Å². The summed E-state index contributed by atoms with van der Waals surface area (Å²) in [5, 5.41) is 3.39. The van der Waals surface area contributed by atoms with Gasteiger partial charge in [0.05, 0.1) is 5.75 Å². The standard InChI is InChI=1S/C14H23BrN2O2S/c1-11(2)16-10-12-9-13(15)5-6-14(12)17(3)7-8-20(4,18)19/h5-6,9,11,16H,7-8,10H2,1-4H3. The lowest BCUT2D eigenvalue weighted by Gasteiger charge is -2.23. The van der Waals surface area contributed by atoms with Gasteiger partial charge in [0.2, 0.25) is 0 Å². The molecule has 0 atom stereocenters. The van der Waals surface area contributed by atoms with Gasteiger partial charge in [0.1, 0.15) is 9.84 Å². The predicted octanol–water partition coefficient (Wildman–Crippen LogP) is 2.43. The SMILES string of the molecule is CC(C)NCc1cc(Br)ccc1N(C)CCS(C)(=O)=O. The summed E-state index contributed by atoms with van der Waals surface area (Å²) in [7, 11) is -1.02. The molecule has 0 saturated heterocycles. The van der Waals surface area contributed by atoms with Gasteiger partial charge < -0.3 is 10.2 Å². The molecule has 1 aromatic carbocycles. The maximum Gasteiger partial charge on any atom is 0.149 e. The smallest absolute Gasteiger partial charge is 0.149 e. The Morgan fingerprint density at radius 1 is 1.35 bits per heavy atom. The van der Waals surface area contributed by atoms with Gasteiger partial charge in [-0.05, 0) is 23.8 Å². The average Bonchev–Trinajstić information content (AvgIpc) is 2.32. The van der Waals surface area contributed by atoms with Crippen molar-refractivity contribution in [2.45, 2.75) is 26.4 Å². The lowest BCUT2D eigenvalue weighted by atomic mass is 10.1. The molecule has 1 N–H and O–H groups in total. The molecule has 0 saturated carbocycles. The third-order valence-corrected chi connectivity index (χ3v) is 4.37. The van der Waals surface area contributed by atoms with Crippen LogP contribution in [0.1, 0.15) is 19.4 Å². The Kier molecular flexibility index (Phi) is 6.48. The lowest BCUT2D eigenvalue weighted by Crippen LogP contribution is -2.28. The van der Waals surface area contributed by atoms with Crippen LogP contribution in [-0.4, -0.2) is 40.1 Å². The van der Waals surface area contributed by atoms with Crippen LogP contribution in [0.4, 0.5) is 5.69 Å². The van der Waals surface area contributed by atoms with Crippen molar-refractivity contribution in [3.05, 3.63) is 28.2 Å². The molecule has 1 aromatic rings. The first-order valence-corrected chi connectivity index (χ1v) is 9.45. The Balaban J connectivity index is 2.86. The zero-order chi connectivity index (χ0) is 15.3. The number of rotatable bonds is 7. The molecule has 0 aliphatic heterocycles. The minimum absolute atomic E-state index is 0.163. The zero-order valence-corrected chi connectivity index (χ0v) is 14.9. The van der Waals surface area contributed by atoms with Gasteiger partial charge in [0, 0.05) is 42.6 Å². The van der Waals surface area contributed by atoms with Crippen LogP contribution >= 0.6 is 15.9 Å². The first kappa shape index (κ1) is 17.5. The molecule has 0 aliphatic carbocycles. The van der Waals surface area contributed by atoms with Crippen molar-refractivity contribution in [3.8, 4) is 0 Å². The Labute approximate surface area is 130 Å². The highest BCUT2D eigenvalue weighted by Crippen LogP contribution is 2.24. The van der Waals surface area contributed by atoms with E-state index >= 15 is 0 Å².